The highest BCUT2D eigenvalue weighted by Crippen LogP contribution is 2.08. The third-order valence-electron chi connectivity index (χ3n) is 1.82. The number of nitrogens with zero attached hydrogens (tertiary/aromatic N) is 2. The van der Waals surface area contributed by atoms with Gasteiger partial charge in [0.1, 0.15) is 0 Å². The average Bonchev–Trinajstić information content (AvgIpc) is 2.61. The molecule has 4 nitrogen and oxygen atoms in total. The van der Waals surface area contributed by atoms with Gasteiger partial charge >= 0.3 is 0 Å². The molecular formula is C10H18N2O2. The summed E-state index contributed by atoms with van der Waals surface area (Å²) in [5, 5.41) is 4.17. The molecular weight excluding hydrogens is 180 g/mol. The maximum atomic E-state index is 5.47. The summed E-state index contributed by atoms with van der Waals surface area (Å²) in [4.78, 5) is 0. The van der Waals surface area contributed by atoms with Gasteiger partial charge in [0.15, 0.2) is 5.75 Å². The summed E-state index contributed by atoms with van der Waals surface area (Å²) in [6.45, 7) is 4.50. The zero-order valence-corrected chi connectivity index (χ0v) is 8.90. The number of hydrogen-bond acceptors (Lipinski definition) is 3. The number of aryl methyl sites for hydroxylation is 1. The molecule has 4 heteroatoms. The van der Waals surface area contributed by atoms with Crippen molar-refractivity contribution >= 4 is 0 Å². The Bertz CT molecular complexity index is 248. The van der Waals surface area contributed by atoms with E-state index in [4.69, 9.17) is 9.47 Å². The molecule has 0 aliphatic carbocycles. The Morgan fingerprint density at radius 3 is 3.00 bits per heavy atom. The number of hydrogen-bond donors (Lipinski definition) is 0. The van der Waals surface area contributed by atoms with Crippen molar-refractivity contribution < 1.29 is 9.47 Å². The predicted molar refractivity (Wildman–Crippen MR) is 54.5 cm³/mol. The van der Waals surface area contributed by atoms with E-state index < -0.39 is 0 Å². The van der Waals surface area contributed by atoms with Crippen LogP contribution in [0.3, 0.4) is 0 Å². The Balaban J connectivity index is 2.22. The van der Waals surface area contributed by atoms with E-state index in [2.05, 4.69) is 12.0 Å². The van der Waals surface area contributed by atoms with Crippen molar-refractivity contribution in [1.29, 1.82) is 0 Å². The van der Waals surface area contributed by atoms with Gasteiger partial charge in [-0.25, -0.2) is 0 Å². The first-order valence-electron chi connectivity index (χ1n) is 5.01. The lowest BCUT2D eigenvalue weighted by Crippen LogP contribution is -2.00. The van der Waals surface area contributed by atoms with E-state index in [9.17, 15) is 0 Å². The van der Waals surface area contributed by atoms with Crippen LogP contribution in [0.1, 0.15) is 19.8 Å². The molecule has 0 saturated heterocycles. The van der Waals surface area contributed by atoms with Gasteiger partial charge in [0.2, 0.25) is 0 Å². The first-order valence-corrected chi connectivity index (χ1v) is 5.01. The molecule has 80 valence electrons. The van der Waals surface area contributed by atoms with Crippen molar-refractivity contribution in [3.63, 3.8) is 0 Å². The van der Waals surface area contributed by atoms with E-state index in [1.807, 2.05) is 10.9 Å². The van der Waals surface area contributed by atoms with Crippen molar-refractivity contribution in [3.05, 3.63) is 12.4 Å². The van der Waals surface area contributed by atoms with Gasteiger partial charge in [-0.3, -0.25) is 4.68 Å². The number of aromatic nitrogens is 2. The van der Waals surface area contributed by atoms with E-state index >= 15 is 0 Å². The molecule has 0 spiro atoms. The zero-order chi connectivity index (χ0) is 10.2. The molecule has 0 aliphatic heterocycles. The normalized spacial score (nSPS) is 10.4. The predicted octanol–water partition coefficient (Wildman–Crippen LogP) is 1.71. The average molecular weight is 198 g/mol. The Morgan fingerprint density at radius 1 is 1.43 bits per heavy atom. The van der Waals surface area contributed by atoms with Crippen LogP contribution in [0, 0.1) is 0 Å². The van der Waals surface area contributed by atoms with Crippen LogP contribution in [0.5, 0.6) is 5.75 Å². The molecule has 1 aromatic heterocycles. The van der Waals surface area contributed by atoms with Crippen LogP contribution in [0.2, 0.25) is 0 Å². The van der Waals surface area contributed by atoms with Crippen LogP contribution in [0.25, 0.3) is 0 Å². The summed E-state index contributed by atoms with van der Waals surface area (Å²) in [6, 6.07) is 0. The number of ether oxygens (including phenoxy) is 2. The minimum absolute atomic E-state index is 0.686. The summed E-state index contributed by atoms with van der Waals surface area (Å²) in [5.41, 5.74) is 0. The fourth-order valence-electron chi connectivity index (χ4n) is 1.16. The van der Waals surface area contributed by atoms with E-state index in [1.165, 1.54) is 0 Å². The van der Waals surface area contributed by atoms with Crippen molar-refractivity contribution in [2.45, 2.75) is 26.3 Å². The zero-order valence-electron chi connectivity index (χ0n) is 8.90. The Hall–Kier alpha value is -1.03. The molecule has 0 radical (unpaired) electrons. The van der Waals surface area contributed by atoms with Crippen LogP contribution in [0.4, 0.5) is 0 Å². The van der Waals surface area contributed by atoms with Gasteiger partial charge in [-0.2, -0.15) is 5.10 Å². The van der Waals surface area contributed by atoms with Crippen LogP contribution >= 0.6 is 0 Å². The van der Waals surface area contributed by atoms with Gasteiger partial charge in [0, 0.05) is 26.7 Å². The second-order valence-electron chi connectivity index (χ2n) is 3.13. The molecule has 0 N–H and O–H groups in total. The quantitative estimate of drug-likeness (QED) is 0.626. The first-order chi connectivity index (χ1) is 6.86. The summed E-state index contributed by atoms with van der Waals surface area (Å²) < 4.78 is 12.3. The standard InChI is InChI=1S/C10H18N2O2/c1-3-5-12-9-10(8-11-12)14-7-4-6-13-2/h8-9H,3-7H2,1-2H3. The van der Waals surface area contributed by atoms with Crippen molar-refractivity contribution in [2.75, 3.05) is 20.3 Å². The second kappa shape index (κ2) is 6.43. The molecule has 0 fully saturated rings. The van der Waals surface area contributed by atoms with Gasteiger partial charge in [-0.1, -0.05) is 6.92 Å². The molecule has 0 unspecified atom stereocenters. The van der Waals surface area contributed by atoms with Gasteiger partial charge in [0.05, 0.1) is 19.0 Å². The highest BCUT2D eigenvalue weighted by atomic mass is 16.5. The third kappa shape index (κ3) is 3.79. The Labute approximate surface area is 84.8 Å². The molecule has 1 heterocycles. The molecule has 1 aromatic rings. The molecule has 14 heavy (non-hydrogen) atoms. The molecule has 0 bridgehead atoms. The number of methoxy groups -OCH3 is 1. The molecule has 1 rings (SSSR count). The SMILES string of the molecule is CCCn1cc(OCCCOC)cn1. The minimum atomic E-state index is 0.686. The van der Waals surface area contributed by atoms with Crippen LogP contribution in [-0.4, -0.2) is 30.1 Å². The fraction of sp³-hybridized carbons (Fsp3) is 0.700. The number of rotatable bonds is 7. The van der Waals surface area contributed by atoms with Crippen molar-refractivity contribution in [2.24, 2.45) is 0 Å². The van der Waals surface area contributed by atoms with Crippen LogP contribution in [-0.2, 0) is 11.3 Å². The van der Waals surface area contributed by atoms with Crippen LogP contribution in [0.15, 0.2) is 12.4 Å². The van der Waals surface area contributed by atoms with Gasteiger partial charge in [-0.05, 0) is 6.42 Å². The molecule has 0 amide bonds. The van der Waals surface area contributed by atoms with E-state index in [0.717, 1.165) is 31.7 Å². The summed E-state index contributed by atoms with van der Waals surface area (Å²) in [5.74, 6) is 0.842. The summed E-state index contributed by atoms with van der Waals surface area (Å²) >= 11 is 0. The monoisotopic (exact) mass is 198 g/mol. The largest absolute Gasteiger partial charge is 0.490 e. The topological polar surface area (TPSA) is 36.3 Å². The van der Waals surface area contributed by atoms with E-state index in [0.29, 0.717) is 6.61 Å². The lowest BCUT2D eigenvalue weighted by Gasteiger charge is -2.01. The first kappa shape index (κ1) is 11.0. The van der Waals surface area contributed by atoms with E-state index in [1.54, 1.807) is 13.3 Å². The summed E-state index contributed by atoms with van der Waals surface area (Å²) in [6.07, 6.45) is 5.68. The van der Waals surface area contributed by atoms with E-state index in [-0.39, 0.29) is 0 Å². The minimum Gasteiger partial charge on any atom is -0.490 e. The molecule has 0 atom stereocenters. The summed E-state index contributed by atoms with van der Waals surface area (Å²) in [7, 11) is 1.69. The van der Waals surface area contributed by atoms with Gasteiger partial charge in [0.25, 0.3) is 0 Å². The highest BCUT2D eigenvalue weighted by Gasteiger charge is 1.97. The Morgan fingerprint density at radius 2 is 2.29 bits per heavy atom. The van der Waals surface area contributed by atoms with Gasteiger partial charge in [-0.15, -0.1) is 0 Å². The van der Waals surface area contributed by atoms with Crippen molar-refractivity contribution in [1.82, 2.24) is 9.78 Å². The fourth-order valence-corrected chi connectivity index (χ4v) is 1.16. The van der Waals surface area contributed by atoms with Crippen molar-refractivity contribution in [3.8, 4) is 5.75 Å². The molecule has 0 aromatic carbocycles. The maximum absolute atomic E-state index is 5.47. The van der Waals surface area contributed by atoms with Gasteiger partial charge < -0.3 is 9.47 Å². The highest BCUT2D eigenvalue weighted by molar-refractivity contribution is 5.11. The molecule has 0 saturated carbocycles. The lowest BCUT2D eigenvalue weighted by molar-refractivity contribution is 0.172. The molecule has 0 aliphatic rings. The Kier molecular flexibility index (Phi) is 5.07. The van der Waals surface area contributed by atoms with Crippen LogP contribution < -0.4 is 4.74 Å². The second-order valence-corrected chi connectivity index (χ2v) is 3.13. The smallest absolute Gasteiger partial charge is 0.157 e. The third-order valence-corrected chi connectivity index (χ3v) is 1.82. The maximum Gasteiger partial charge on any atom is 0.157 e. The lowest BCUT2D eigenvalue weighted by atomic mass is 10.5.